The fourth-order valence-electron chi connectivity index (χ4n) is 9.70. The zero-order chi connectivity index (χ0) is 24.4. The van der Waals surface area contributed by atoms with E-state index in [1.807, 2.05) is 0 Å². The van der Waals surface area contributed by atoms with Gasteiger partial charge < -0.3 is 9.84 Å². The molecule has 4 aliphatic carbocycles. The van der Waals surface area contributed by atoms with Crippen LogP contribution in [0.2, 0.25) is 0 Å². The van der Waals surface area contributed by atoms with Gasteiger partial charge in [-0.15, -0.1) is 0 Å². The third kappa shape index (κ3) is 3.71. The fraction of sp³-hybridized carbons (Fsp3) is 0.719. The van der Waals surface area contributed by atoms with Gasteiger partial charge in [-0.25, -0.2) is 0 Å². The molecule has 6 rings (SSSR count). The van der Waals surface area contributed by atoms with Crippen molar-refractivity contribution in [2.75, 3.05) is 0 Å². The number of ether oxygens (including phenoxy) is 1. The van der Waals surface area contributed by atoms with Crippen LogP contribution in [0.1, 0.15) is 97.0 Å². The summed E-state index contributed by atoms with van der Waals surface area (Å²) >= 11 is 0. The summed E-state index contributed by atoms with van der Waals surface area (Å²) in [6.45, 7) is 9.32. The number of aliphatic imine (C=N–C) groups is 1. The standard InChI is InChI=1S/C32H45NO2/c1-20(2)35-22-15-16-31(3)21(18-22)11-12-25-27-14-13-26(32(27,4)30(34)19-28(25)31)23-9-7-17-33-29-10-6-5-8-24(23)29/h5-6,8,10-11,17,20,22-23,25-28,30,34H,7,9,12-16,18-19H2,1-4H3. The molecule has 0 amide bonds. The van der Waals surface area contributed by atoms with Gasteiger partial charge in [-0.1, -0.05) is 43.7 Å². The second kappa shape index (κ2) is 8.84. The van der Waals surface area contributed by atoms with E-state index in [4.69, 9.17) is 9.73 Å². The van der Waals surface area contributed by atoms with Gasteiger partial charge in [0.1, 0.15) is 0 Å². The lowest BCUT2D eigenvalue weighted by atomic mass is 9.46. The zero-order valence-corrected chi connectivity index (χ0v) is 22.2. The lowest BCUT2D eigenvalue weighted by Gasteiger charge is -2.60. The van der Waals surface area contributed by atoms with E-state index < -0.39 is 0 Å². The summed E-state index contributed by atoms with van der Waals surface area (Å²) in [6, 6.07) is 8.79. The maximum absolute atomic E-state index is 12.0. The lowest BCUT2D eigenvalue weighted by Crippen LogP contribution is -2.56. The summed E-state index contributed by atoms with van der Waals surface area (Å²) in [5, 5.41) is 12.0. The van der Waals surface area contributed by atoms with Crippen molar-refractivity contribution < 1.29 is 9.84 Å². The first-order chi connectivity index (χ1) is 16.8. The van der Waals surface area contributed by atoms with Crippen LogP contribution in [0, 0.1) is 34.5 Å². The molecule has 1 heterocycles. The van der Waals surface area contributed by atoms with Gasteiger partial charge in [0.25, 0.3) is 0 Å². The largest absolute Gasteiger partial charge is 0.393 e. The van der Waals surface area contributed by atoms with E-state index in [9.17, 15) is 5.11 Å². The fourth-order valence-corrected chi connectivity index (χ4v) is 9.70. The van der Waals surface area contributed by atoms with Crippen LogP contribution < -0.4 is 0 Å². The number of allylic oxidation sites excluding steroid dienone is 1. The number of para-hydroxylation sites is 1. The first-order valence-electron chi connectivity index (χ1n) is 14.5. The highest BCUT2D eigenvalue weighted by Gasteiger charge is 2.63. The number of aliphatic hydroxyl groups excluding tert-OH is 1. The third-order valence-corrected chi connectivity index (χ3v) is 11.4. The number of hydrogen-bond donors (Lipinski definition) is 1. The second-order valence-corrected chi connectivity index (χ2v) is 13.2. The molecule has 3 heteroatoms. The van der Waals surface area contributed by atoms with Crippen molar-refractivity contribution in [3.63, 3.8) is 0 Å². The molecule has 35 heavy (non-hydrogen) atoms. The molecular formula is C32H45NO2. The maximum Gasteiger partial charge on any atom is 0.0660 e. The topological polar surface area (TPSA) is 41.8 Å². The smallest absolute Gasteiger partial charge is 0.0660 e. The number of hydrogen-bond acceptors (Lipinski definition) is 3. The summed E-state index contributed by atoms with van der Waals surface area (Å²) < 4.78 is 6.25. The Bertz CT molecular complexity index is 1010. The van der Waals surface area contributed by atoms with Gasteiger partial charge in [-0.2, -0.15) is 0 Å². The van der Waals surface area contributed by atoms with E-state index in [-0.39, 0.29) is 16.9 Å². The van der Waals surface area contributed by atoms with Crippen LogP contribution in [0.15, 0.2) is 40.9 Å². The van der Waals surface area contributed by atoms with Crippen molar-refractivity contribution in [3.05, 3.63) is 41.5 Å². The molecule has 0 aromatic heterocycles. The van der Waals surface area contributed by atoms with Crippen LogP contribution in [0.5, 0.6) is 0 Å². The zero-order valence-electron chi connectivity index (χ0n) is 22.2. The van der Waals surface area contributed by atoms with E-state index >= 15 is 0 Å². The summed E-state index contributed by atoms with van der Waals surface area (Å²) in [5.41, 5.74) is 4.45. The highest BCUT2D eigenvalue weighted by molar-refractivity contribution is 5.67. The van der Waals surface area contributed by atoms with Gasteiger partial charge in [0, 0.05) is 6.21 Å². The second-order valence-electron chi connectivity index (χ2n) is 13.2. The molecule has 0 radical (unpaired) electrons. The Balaban J connectivity index is 1.30. The molecule has 9 unspecified atom stereocenters. The summed E-state index contributed by atoms with van der Waals surface area (Å²) in [4.78, 5) is 4.79. The van der Waals surface area contributed by atoms with Crippen molar-refractivity contribution >= 4 is 11.9 Å². The van der Waals surface area contributed by atoms with Gasteiger partial charge in [0.2, 0.25) is 0 Å². The predicted molar refractivity (Wildman–Crippen MR) is 143 cm³/mol. The highest BCUT2D eigenvalue weighted by Crippen LogP contribution is 2.68. The Labute approximate surface area is 212 Å². The van der Waals surface area contributed by atoms with Gasteiger partial charge in [0.15, 0.2) is 0 Å². The molecule has 1 aromatic rings. The molecule has 3 saturated carbocycles. The van der Waals surface area contributed by atoms with Crippen molar-refractivity contribution in [2.24, 2.45) is 39.5 Å². The summed E-state index contributed by atoms with van der Waals surface area (Å²) in [5.74, 6) is 2.99. The number of nitrogens with zero attached hydrogens (tertiary/aromatic N) is 1. The minimum atomic E-state index is -0.210. The van der Waals surface area contributed by atoms with E-state index in [1.165, 1.54) is 31.2 Å². The molecule has 0 saturated heterocycles. The molecular weight excluding hydrogens is 430 g/mol. The molecule has 3 fully saturated rings. The minimum Gasteiger partial charge on any atom is -0.393 e. The molecule has 3 nitrogen and oxygen atoms in total. The van der Waals surface area contributed by atoms with Crippen LogP contribution in [0.3, 0.4) is 0 Å². The summed E-state index contributed by atoms with van der Waals surface area (Å²) in [7, 11) is 0. The van der Waals surface area contributed by atoms with Crippen molar-refractivity contribution in [2.45, 2.75) is 110 Å². The van der Waals surface area contributed by atoms with Gasteiger partial charge in [-0.05, 0) is 124 Å². The van der Waals surface area contributed by atoms with Crippen LogP contribution in [-0.4, -0.2) is 29.6 Å². The Morgan fingerprint density at radius 3 is 2.66 bits per heavy atom. The van der Waals surface area contributed by atoms with Crippen molar-refractivity contribution in [1.82, 2.24) is 0 Å². The third-order valence-electron chi connectivity index (χ3n) is 11.4. The van der Waals surface area contributed by atoms with Crippen LogP contribution in [0.4, 0.5) is 5.69 Å². The number of fused-ring (bicyclic) bond motifs is 6. The minimum absolute atomic E-state index is 0.00292. The molecule has 1 aliphatic heterocycles. The highest BCUT2D eigenvalue weighted by atomic mass is 16.5. The molecule has 190 valence electrons. The SMILES string of the molecule is CC(C)OC1CCC2(C)C(=CCC3C2CC(O)C2(C)C(C4CCC=Nc5ccccc54)CCC32)C1. The molecule has 9 atom stereocenters. The molecule has 1 N–H and O–H groups in total. The Morgan fingerprint density at radius 2 is 1.83 bits per heavy atom. The van der Waals surface area contributed by atoms with Gasteiger partial charge in [-0.3, -0.25) is 4.99 Å². The number of benzene rings is 1. The van der Waals surface area contributed by atoms with Crippen LogP contribution in [0.25, 0.3) is 0 Å². The van der Waals surface area contributed by atoms with E-state index in [1.54, 1.807) is 5.57 Å². The normalized spacial score (nSPS) is 44.6. The van der Waals surface area contributed by atoms with Crippen LogP contribution >= 0.6 is 0 Å². The van der Waals surface area contributed by atoms with E-state index in [0.717, 1.165) is 37.8 Å². The number of rotatable bonds is 3. The average molecular weight is 476 g/mol. The molecule has 1 aromatic carbocycles. The molecule has 5 aliphatic rings. The Hall–Kier alpha value is -1.45. The Kier molecular flexibility index (Phi) is 6.04. The maximum atomic E-state index is 12.0. The average Bonchev–Trinajstić information content (AvgIpc) is 3.05. The van der Waals surface area contributed by atoms with E-state index in [0.29, 0.717) is 41.8 Å². The monoisotopic (exact) mass is 475 g/mol. The lowest BCUT2D eigenvalue weighted by molar-refractivity contribution is -0.135. The molecule has 0 spiro atoms. The molecule has 0 bridgehead atoms. The Morgan fingerprint density at radius 1 is 1.03 bits per heavy atom. The van der Waals surface area contributed by atoms with Crippen LogP contribution in [-0.2, 0) is 4.74 Å². The predicted octanol–water partition coefficient (Wildman–Crippen LogP) is 7.61. The quantitative estimate of drug-likeness (QED) is 0.457. The van der Waals surface area contributed by atoms with Crippen molar-refractivity contribution in [3.8, 4) is 0 Å². The first kappa shape index (κ1) is 23.9. The number of aliphatic hydroxyl groups is 1. The van der Waals surface area contributed by atoms with Gasteiger partial charge >= 0.3 is 0 Å². The van der Waals surface area contributed by atoms with Crippen molar-refractivity contribution in [1.29, 1.82) is 0 Å². The van der Waals surface area contributed by atoms with E-state index in [2.05, 4.69) is 64.3 Å². The summed E-state index contributed by atoms with van der Waals surface area (Å²) in [6.07, 6.45) is 15.6. The first-order valence-corrected chi connectivity index (χ1v) is 14.5. The van der Waals surface area contributed by atoms with Gasteiger partial charge in [0.05, 0.1) is 24.0 Å².